The summed E-state index contributed by atoms with van der Waals surface area (Å²) in [6, 6.07) is 18.1. The molecule has 214 valence electrons. The zero-order chi connectivity index (χ0) is 29.6. The predicted molar refractivity (Wildman–Crippen MR) is 161 cm³/mol. The molecule has 0 aliphatic rings. The second-order valence-electron chi connectivity index (χ2n) is 10.3. The number of hydrogen-bond donors (Lipinski definition) is 1. The van der Waals surface area contributed by atoms with Crippen molar-refractivity contribution in [3.8, 4) is 0 Å². The van der Waals surface area contributed by atoms with E-state index in [0.29, 0.717) is 5.02 Å². The first-order chi connectivity index (χ1) is 18.8. The maximum Gasteiger partial charge on any atom is 0.264 e. The fraction of sp³-hybridized carbons (Fsp3) is 0.355. The van der Waals surface area contributed by atoms with Gasteiger partial charge in [0.1, 0.15) is 12.6 Å². The fourth-order valence-electron chi connectivity index (χ4n) is 4.04. The van der Waals surface area contributed by atoms with E-state index in [1.807, 2.05) is 58.9 Å². The van der Waals surface area contributed by atoms with E-state index in [-0.39, 0.29) is 29.1 Å². The van der Waals surface area contributed by atoms with Crippen molar-refractivity contribution in [1.82, 2.24) is 10.2 Å². The monoisotopic (exact) mass is 583 g/mol. The largest absolute Gasteiger partial charge is 0.352 e. The number of sulfonamides is 1. The minimum Gasteiger partial charge on any atom is -0.352 e. The lowest BCUT2D eigenvalue weighted by molar-refractivity contribution is -0.139. The number of nitrogens with zero attached hydrogens (tertiary/aromatic N) is 2. The van der Waals surface area contributed by atoms with Crippen LogP contribution in [0.15, 0.2) is 71.6 Å². The summed E-state index contributed by atoms with van der Waals surface area (Å²) < 4.78 is 28.9. The van der Waals surface area contributed by atoms with Crippen LogP contribution in [0.4, 0.5) is 5.69 Å². The minimum atomic E-state index is -4.15. The number of anilines is 1. The van der Waals surface area contributed by atoms with Crippen molar-refractivity contribution in [2.24, 2.45) is 0 Å². The standard InChI is InChI=1S/C31H38ClN3O4S/c1-7-24(5)33-31(37)25(6)34(19-26-13-8-21(2)9-14-26)30(36)20-35(27-15-12-23(4)29(32)18-27)40(38,39)28-16-10-22(3)11-17-28/h8-18,24-25H,7,19-20H2,1-6H3,(H,33,37)/t24-,25-/m0/s1. The van der Waals surface area contributed by atoms with Gasteiger partial charge in [-0.05, 0) is 76.4 Å². The average molecular weight is 584 g/mol. The lowest BCUT2D eigenvalue weighted by Crippen LogP contribution is -2.52. The molecule has 0 bridgehead atoms. The van der Waals surface area contributed by atoms with E-state index in [9.17, 15) is 18.0 Å². The van der Waals surface area contributed by atoms with Gasteiger partial charge in [-0.15, -0.1) is 0 Å². The SMILES string of the molecule is CC[C@H](C)NC(=O)[C@H](C)N(Cc1ccc(C)cc1)C(=O)CN(c1ccc(C)c(Cl)c1)S(=O)(=O)c1ccc(C)cc1. The van der Waals surface area contributed by atoms with Gasteiger partial charge in [0, 0.05) is 17.6 Å². The van der Waals surface area contributed by atoms with Crippen LogP contribution >= 0.6 is 11.6 Å². The normalized spacial score (nSPS) is 12.9. The highest BCUT2D eigenvalue weighted by Gasteiger charge is 2.33. The van der Waals surface area contributed by atoms with Crippen LogP contribution in [0.5, 0.6) is 0 Å². The summed E-state index contributed by atoms with van der Waals surface area (Å²) in [6.45, 7) is 10.8. The number of rotatable bonds is 11. The fourth-order valence-corrected chi connectivity index (χ4v) is 5.62. The molecule has 3 aromatic rings. The number of hydrogen-bond acceptors (Lipinski definition) is 4. The molecule has 0 aromatic heterocycles. The zero-order valence-corrected chi connectivity index (χ0v) is 25.5. The topological polar surface area (TPSA) is 86.8 Å². The van der Waals surface area contributed by atoms with Crippen molar-refractivity contribution in [3.05, 3.63) is 94.0 Å². The Morgan fingerprint density at radius 3 is 2.02 bits per heavy atom. The Hall–Kier alpha value is -3.36. The van der Waals surface area contributed by atoms with E-state index >= 15 is 0 Å². The second-order valence-corrected chi connectivity index (χ2v) is 12.5. The van der Waals surface area contributed by atoms with Gasteiger partial charge in [-0.2, -0.15) is 0 Å². The van der Waals surface area contributed by atoms with E-state index in [0.717, 1.165) is 33.0 Å². The minimum absolute atomic E-state index is 0.0512. The van der Waals surface area contributed by atoms with Crippen LogP contribution in [0, 0.1) is 20.8 Å². The van der Waals surface area contributed by atoms with Crippen molar-refractivity contribution in [3.63, 3.8) is 0 Å². The summed E-state index contributed by atoms with van der Waals surface area (Å²) in [7, 11) is -4.15. The van der Waals surface area contributed by atoms with E-state index < -0.39 is 28.5 Å². The Balaban J connectivity index is 2.04. The molecular formula is C31H38ClN3O4S. The quantitative estimate of drug-likeness (QED) is 0.309. The molecule has 0 unspecified atom stereocenters. The van der Waals surface area contributed by atoms with Crippen molar-refractivity contribution >= 4 is 39.1 Å². The predicted octanol–water partition coefficient (Wildman–Crippen LogP) is 5.79. The summed E-state index contributed by atoms with van der Waals surface area (Å²) in [5, 5.41) is 3.32. The Morgan fingerprint density at radius 1 is 0.900 bits per heavy atom. The van der Waals surface area contributed by atoms with Gasteiger partial charge < -0.3 is 10.2 Å². The Morgan fingerprint density at radius 2 is 1.48 bits per heavy atom. The van der Waals surface area contributed by atoms with E-state index in [1.165, 1.54) is 17.0 Å². The molecule has 40 heavy (non-hydrogen) atoms. The average Bonchev–Trinajstić information content (AvgIpc) is 2.92. The molecule has 0 spiro atoms. The molecule has 0 fully saturated rings. The van der Waals surface area contributed by atoms with Crippen LogP contribution in [-0.2, 0) is 26.2 Å². The van der Waals surface area contributed by atoms with Gasteiger partial charge in [0.2, 0.25) is 11.8 Å². The molecule has 3 rings (SSSR count). The van der Waals surface area contributed by atoms with Crippen molar-refractivity contribution < 1.29 is 18.0 Å². The number of benzene rings is 3. The van der Waals surface area contributed by atoms with Gasteiger partial charge in [0.05, 0.1) is 10.6 Å². The molecule has 2 atom stereocenters. The van der Waals surface area contributed by atoms with Crippen molar-refractivity contribution in [2.45, 2.75) is 71.5 Å². The third-order valence-corrected chi connectivity index (χ3v) is 9.17. The van der Waals surface area contributed by atoms with Crippen LogP contribution in [0.1, 0.15) is 49.4 Å². The highest BCUT2D eigenvalue weighted by Crippen LogP contribution is 2.29. The first kappa shape index (κ1) is 31.2. The summed E-state index contributed by atoms with van der Waals surface area (Å²) >= 11 is 6.38. The first-order valence-corrected chi connectivity index (χ1v) is 15.2. The molecule has 9 heteroatoms. The number of amides is 2. The molecule has 1 N–H and O–H groups in total. The van der Waals surface area contributed by atoms with E-state index in [1.54, 1.807) is 37.3 Å². The molecule has 0 radical (unpaired) electrons. The van der Waals surface area contributed by atoms with Gasteiger partial charge in [0.25, 0.3) is 10.0 Å². The highest BCUT2D eigenvalue weighted by atomic mass is 35.5. The molecular weight excluding hydrogens is 546 g/mol. The molecule has 0 aliphatic heterocycles. The summed E-state index contributed by atoms with van der Waals surface area (Å²) in [5.41, 5.74) is 3.84. The number of aryl methyl sites for hydroxylation is 3. The summed E-state index contributed by atoms with van der Waals surface area (Å²) in [6.07, 6.45) is 0.737. The van der Waals surface area contributed by atoms with Gasteiger partial charge in [-0.25, -0.2) is 8.42 Å². The molecule has 0 heterocycles. The number of nitrogens with one attached hydrogen (secondary N) is 1. The third kappa shape index (κ3) is 7.64. The lowest BCUT2D eigenvalue weighted by Gasteiger charge is -2.32. The summed E-state index contributed by atoms with van der Waals surface area (Å²) in [4.78, 5) is 28.6. The zero-order valence-electron chi connectivity index (χ0n) is 23.9. The van der Waals surface area contributed by atoms with E-state index in [4.69, 9.17) is 11.6 Å². The van der Waals surface area contributed by atoms with Crippen molar-refractivity contribution in [2.75, 3.05) is 10.8 Å². The Labute approximate surface area is 243 Å². The Bertz CT molecular complexity index is 1440. The number of carbonyl (C=O) groups is 2. The van der Waals surface area contributed by atoms with Crippen LogP contribution in [0.2, 0.25) is 5.02 Å². The molecule has 0 saturated carbocycles. The lowest BCUT2D eigenvalue weighted by atomic mass is 10.1. The van der Waals surface area contributed by atoms with Crippen molar-refractivity contribution in [1.29, 1.82) is 0 Å². The Kier molecular flexibility index (Phi) is 10.4. The van der Waals surface area contributed by atoms with Gasteiger partial charge in [-0.1, -0.05) is 72.1 Å². The van der Waals surface area contributed by atoms with Crippen LogP contribution < -0.4 is 9.62 Å². The maximum atomic E-state index is 14.0. The molecule has 7 nitrogen and oxygen atoms in total. The van der Waals surface area contributed by atoms with Crippen LogP contribution in [0.3, 0.4) is 0 Å². The van der Waals surface area contributed by atoms with Gasteiger partial charge >= 0.3 is 0 Å². The third-order valence-electron chi connectivity index (χ3n) is 6.97. The van der Waals surface area contributed by atoms with Crippen LogP contribution in [0.25, 0.3) is 0 Å². The first-order valence-electron chi connectivity index (χ1n) is 13.3. The smallest absolute Gasteiger partial charge is 0.264 e. The van der Waals surface area contributed by atoms with Gasteiger partial charge in [-0.3, -0.25) is 13.9 Å². The van der Waals surface area contributed by atoms with Gasteiger partial charge in [0.15, 0.2) is 0 Å². The molecule has 3 aromatic carbocycles. The second kappa shape index (κ2) is 13.3. The number of halogens is 1. The summed E-state index contributed by atoms with van der Waals surface area (Å²) in [5.74, 6) is -0.819. The van der Waals surface area contributed by atoms with Crippen LogP contribution in [-0.4, -0.2) is 43.8 Å². The maximum absolute atomic E-state index is 14.0. The molecule has 0 aliphatic carbocycles. The molecule has 2 amide bonds. The van der Waals surface area contributed by atoms with E-state index in [2.05, 4.69) is 5.32 Å². The molecule has 0 saturated heterocycles. The number of carbonyl (C=O) groups excluding carboxylic acids is 2. The highest BCUT2D eigenvalue weighted by molar-refractivity contribution is 7.92.